The fourth-order valence-electron chi connectivity index (χ4n) is 2.49. The van der Waals surface area contributed by atoms with Gasteiger partial charge in [0.25, 0.3) is 5.56 Å². The van der Waals surface area contributed by atoms with Crippen molar-refractivity contribution in [2.75, 3.05) is 12.9 Å². The van der Waals surface area contributed by atoms with E-state index in [0.717, 1.165) is 11.1 Å². The number of aromatic nitrogens is 2. The van der Waals surface area contributed by atoms with Crippen molar-refractivity contribution >= 4 is 17.7 Å². The molecule has 0 atom stereocenters. The molecule has 0 fully saturated rings. The Morgan fingerprint density at radius 2 is 1.93 bits per heavy atom. The van der Waals surface area contributed by atoms with Gasteiger partial charge in [-0.1, -0.05) is 48.2 Å². The van der Waals surface area contributed by atoms with E-state index in [4.69, 9.17) is 9.47 Å². The van der Waals surface area contributed by atoms with E-state index < -0.39 is 0 Å². The Morgan fingerprint density at radius 3 is 2.69 bits per heavy atom. The third-order valence-electron chi connectivity index (χ3n) is 3.94. The van der Waals surface area contributed by atoms with Crippen LogP contribution in [0, 0.1) is 0 Å². The van der Waals surface area contributed by atoms with E-state index in [9.17, 15) is 9.59 Å². The lowest BCUT2D eigenvalue weighted by atomic mass is 10.2. The first-order chi connectivity index (χ1) is 14.1. The molecule has 0 unspecified atom stereocenters. The van der Waals surface area contributed by atoms with E-state index in [0.29, 0.717) is 29.8 Å². The van der Waals surface area contributed by atoms with Crippen LogP contribution in [0.4, 0.5) is 0 Å². The highest BCUT2D eigenvalue weighted by Crippen LogP contribution is 2.28. The molecule has 7 nitrogen and oxygen atoms in total. The minimum absolute atomic E-state index is 0.155. The highest BCUT2D eigenvalue weighted by atomic mass is 32.2. The number of amides is 1. The van der Waals surface area contributed by atoms with Crippen LogP contribution >= 0.6 is 11.8 Å². The topological polar surface area (TPSA) is 93.3 Å². The summed E-state index contributed by atoms with van der Waals surface area (Å²) in [5.41, 5.74) is 1.71. The largest absolute Gasteiger partial charge is 0.493 e. The van der Waals surface area contributed by atoms with Crippen molar-refractivity contribution in [1.82, 2.24) is 15.3 Å². The van der Waals surface area contributed by atoms with Crippen molar-refractivity contribution in [3.05, 3.63) is 82.3 Å². The van der Waals surface area contributed by atoms with Gasteiger partial charge in [0.2, 0.25) is 5.91 Å². The van der Waals surface area contributed by atoms with Gasteiger partial charge >= 0.3 is 0 Å². The van der Waals surface area contributed by atoms with Crippen LogP contribution in [-0.4, -0.2) is 28.7 Å². The number of carbonyl (C=O) groups excluding carboxylic acids is 1. The standard InChI is InChI=1S/C21H21N3O4S/c1-27-18-11-16(7-8-17(18)28-13-15-5-3-2-4-6-15)12-23-20(26)14-29-21-22-10-9-19(25)24-21/h2-11H,12-14H2,1H3,(H,23,26)(H,22,24,25). The monoisotopic (exact) mass is 411 g/mol. The van der Waals surface area contributed by atoms with Gasteiger partial charge in [0.15, 0.2) is 16.7 Å². The molecule has 150 valence electrons. The van der Waals surface area contributed by atoms with Gasteiger partial charge in [0.05, 0.1) is 12.9 Å². The second kappa shape index (κ2) is 10.3. The lowest BCUT2D eigenvalue weighted by Crippen LogP contribution is -2.24. The summed E-state index contributed by atoms with van der Waals surface area (Å²) < 4.78 is 11.3. The van der Waals surface area contributed by atoms with Crippen molar-refractivity contribution in [2.24, 2.45) is 0 Å². The van der Waals surface area contributed by atoms with E-state index in [1.54, 1.807) is 7.11 Å². The minimum Gasteiger partial charge on any atom is -0.493 e. The zero-order chi connectivity index (χ0) is 20.5. The maximum Gasteiger partial charge on any atom is 0.251 e. The Kier molecular flexibility index (Phi) is 7.29. The molecule has 1 amide bonds. The van der Waals surface area contributed by atoms with Crippen LogP contribution in [0.3, 0.4) is 0 Å². The summed E-state index contributed by atoms with van der Waals surface area (Å²) in [6.45, 7) is 0.799. The SMILES string of the molecule is COc1cc(CNC(=O)CSc2nccc(=O)[nH]2)ccc1OCc1ccccc1. The molecule has 0 radical (unpaired) electrons. The van der Waals surface area contributed by atoms with Gasteiger partial charge in [-0.25, -0.2) is 4.98 Å². The number of hydrogen-bond donors (Lipinski definition) is 2. The molecule has 3 rings (SSSR count). The molecule has 29 heavy (non-hydrogen) atoms. The average molecular weight is 411 g/mol. The van der Waals surface area contributed by atoms with Crippen LogP contribution in [0.1, 0.15) is 11.1 Å². The molecule has 1 aromatic heterocycles. The number of benzene rings is 2. The Balaban J connectivity index is 1.51. The predicted molar refractivity (Wildman–Crippen MR) is 111 cm³/mol. The molecule has 2 aromatic carbocycles. The number of nitrogens with zero attached hydrogens (tertiary/aromatic N) is 1. The zero-order valence-electron chi connectivity index (χ0n) is 15.9. The summed E-state index contributed by atoms with van der Waals surface area (Å²) in [6.07, 6.45) is 1.41. The number of nitrogens with one attached hydrogen (secondary N) is 2. The first-order valence-corrected chi connectivity index (χ1v) is 9.91. The summed E-state index contributed by atoms with van der Waals surface area (Å²) in [7, 11) is 1.58. The molecule has 2 N–H and O–H groups in total. The number of methoxy groups -OCH3 is 1. The van der Waals surface area contributed by atoms with Crippen LogP contribution in [0.2, 0.25) is 0 Å². The first kappa shape index (κ1) is 20.5. The molecule has 8 heteroatoms. The van der Waals surface area contributed by atoms with Crippen molar-refractivity contribution < 1.29 is 14.3 Å². The molecule has 1 heterocycles. The van der Waals surface area contributed by atoms with Gasteiger partial charge in [-0.15, -0.1) is 0 Å². The lowest BCUT2D eigenvalue weighted by molar-refractivity contribution is -0.118. The van der Waals surface area contributed by atoms with Gasteiger partial charge in [-0.2, -0.15) is 0 Å². The number of aromatic amines is 1. The molecule has 0 aliphatic rings. The Morgan fingerprint density at radius 1 is 1.10 bits per heavy atom. The number of H-pyrrole nitrogens is 1. The fourth-order valence-corrected chi connectivity index (χ4v) is 3.17. The quantitative estimate of drug-likeness (QED) is 0.415. The van der Waals surface area contributed by atoms with Gasteiger partial charge < -0.3 is 19.8 Å². The van der Waals surface area contributed by atoms with Crippen LogP contribution in [0.15, 0.2) is 70.7 Å². The summed E-state index contributed by atoms with van der Waals surface area (Å²) in [4.78, 5) is 29.8. The van der Waals surface area contributed by atoms with Crippen LogP contribution in [0.5, 0.6) is 11.5 Å². The number of thioether (sulfide) groups is 1. The highest BCUT2D eigenvalue weighted by molar-refractivity contribution is 7.99. The Hall–Kier alpha value is -3.26. The molecule has 0 saturated heterocycles. The summed E-state index contributed by atoms with van der Waals surface area (Å²) in [5.74, 6) is 1.24. The average Bonchev–Trinajstić information content (AvgIpc) is 2.75. The van der Waals surface area contributed by atoms with Gasteiger partial charge in [-0.3, -0.25) is 9.59 Å². The van der Waals surface area contributed by atoms with Gasteiger partial charge in [-0.05, 0) is 23.3 Å². The summed E-state index contributed by atoms with van der Waals surface area (Å²) >= 11 is 1.17. The first-order valence-electron chi connectivity index (χ1n) is 8.92. The fraction of sp³-hybridized carbons (Fsp3) is 0.190. The number of carbonyl (C=O) groups is 1. The maximum atomic E-state index is 12.0. The van der Waals surface area contributed by atoms with E-state index in [2.05, 4.69) is 15.3 Å². The predicted octanol–water partition coefficient (Wildman–Crippen LogP) is 2.77. The number of hydrogen-bond acceptors (Lipinski definition) is 6. The van der Waals surface area contributed by atoms with Gasteiger partial charge in [0.1, 0.15) is 6.61 Å². The lowest BCUT2D eigenvalue weighted by Gasteiger charge is -2.13. The normalized spacial score (nSPS) is 10.4. The molecule has 0 aliphatic carbocycles. The Bertz CT molecular complexity index is 1010. The highest BCUT2D eigenvalue weighted by Gasteiger charge is 2.08. The molecule has 0 bridgehead atoms. The second-order valence-electron chi connectivity index (χ2n) is 6.06. The van der Waals surface area contributed by atoms with Crippen molar-refractivity contribution in [3.63, 3.8) is 0 Å². The van der Waals surface area contributed by atoms with Crippen molar-refractivity contribution in [3.8, 4) is 11.5 Å². The summed E-state index contributed by atoms with van der Waals surface area (Å²) in [5, 5.41) is 3.25. The third kappa shape index (κ3) is 6.39. The maximum absolute atomic E-state index is 12.0. The van der Waals surface area contributed by atoms with Crippen molar-refractivity contribution in [2.45, 2.75) is 18.3 Å². The molecular weight excluding hydrogens is 390 g/mol. The van der Waals surface area contributed by atoms with Crippen molar-refractivity contribution in [1.29, 1.82) is 0 Å². The van der Waals surface area contributed by atoms with E-state index >= 15 is 0 Å². The number of ether oxygens (including phenoxy) is 2. The molecule has 0 spiro atoms. The Labute approximate surface area is 172 Å². The molecule has 0 aliphatic heterocycles. The summed E-state index contributed by atoms with van der Waals surface area (Å²) in [6, 6.07) is 16.8. The van der Waals surface area contributed by atoms with E-state index in [1.807, 2.05) is 48.5 Å². The molecule has 3 aromatic rings. The smallest absolute Gasteiger partial charge is 0.251 e. The number of rotatable bonds is 9. The van der Waals surface area contributed by atoms with Crippen LogP contribution in [-0.2, 0) is 17.9 Å². The zero-order valence-corrected chi connectivity index (χ0v) is 16.7. The third-order valence-corrected chi connectivity index (χ3v) is 4.83. The molecule has 0 saturated carbocycles. The molecular formula is C21H21N3O4S. The second-order valence-corrected chi connectivity index (χ2v) is 7.03. The minimum atomic E-state index is -0.246. The van der Waals surface area contributed by atoms with E-state index in [1.165, 1.54) is 24.0 Å². The van der Waals surface area contributed by atoms with Gasteiger partial charge in [0, 0.05) is 18.8 Å². The van der Waals surface area contributed by atoms with Crippen LogP contribution < -0.4 is 20.3 Å². The van der Waals surface area contributed by atoms with Crippen LogP contribution in [0.25, 0.3) is 0 Å². The van der Waals surface area contributed by atoms with E-state index in [-0.39, 0.29) is 17.2 Å².